The van der Waals surface area contributed by atoms with Crippen LogP contribution in [0.3, 0.4) is 0 Å². The second kappa shape index (κ2) is 5.87. The van der Waals surface area contributed by atoms with Gasteiger partial charge in [-0.1, -0.05) is 49.6 Å². The molecule has 0 amide bonds. The Morgan fingerprint density at radius 1 is 1.10 bits per heavy atom. The molecule has 2 aliphatic rings. The molecule has 1 aromatic rings. The topological polar surface area (TPSA) is 15.3 Å². The molecule has 2 atom stereocenters. The van der Waals surface area contributed by atoms with Crippen molar-refractivity contribution in [3.05, 3.63) is 35.9 Å². The van der Waals surface area contributed by atoms with Crippen molar-refractivity contribution >= 4 is 0 Å². The smallest absolute Gasteiger partial charge is 0.0555 e. The van der Waals surface area contributed by atoms with Gasteiger partial charge >= 0.3 is 0 Å². The second-order valence-electron chi connectivity index (χ2n) is 6.91. The third-order valence-corrected chi connectivity index (χ3v) is 5.64. The van der Waals surface area contributed by atoms with Gasteiger partial charge < -0.3 is 5.32 Å². The molecule has 20 heavy (non-hydrogen) atoms. The van der Waals surface area contributed by atoms with Crippen LogP contribution in [0.1, 0.15) is 44.6 Å². The highest BCUT2D eigenvalue weighted by Crippen LogP contribution is 2.33. The maximum absolute atomic E-state index is 3.87. The number of rotatable bonds is 2. The molecule has 2 unspecified atom stereocenters. The lowest BCUT2D eigenvalue weighted by atomic mass is 9.80. The zero-order valence-electron chi connectivity index (χ0n) is 12.9. The van der Waals surface area contributed by atoms with Gasteiger partial charge in [0.2, 0.25) is 0 Å². The molecule has 0 radical (unpaired) electrons. The van der Waals surface area contributed by atoms with E-state index >= 15 is 0 Å². The molecule has 3 rings (SSSR count). The first-order valence-corrected chi connectivity index (χ1v) is 8.20. The summed E-state index contributed by atoms with van der Waals surface area (Å²) in [7, 11) is 2.30. The van der Waals surface area contributed by atoms with E-state index in [1.54, 1.807) is 0 Å². The predicted octanol–water partition coefficient (Wildman–Crippen LogP) is 3.39. The Hall–Kier alpha value is -0.860. The molecular weight excluding hydrogens is 244 g/mol. The molecule has 0 aromatic heterocycles. The summed E-state index contributed by atoms with van der Waals surface area (Å²) < 4.78 is 0. The first-order valence-electron chi connectivity index (χ1n) is 8.20. The number of piperazine rings is 1. The van der Waals surface area contributed by atoms with Gasteiger partial charge in [-0.25, -0.2) is 0 Å². The summed E-state index contributed by atoms with van der Waals surface area (Å²) in [4.78, 5) is 2.57. The number of hydrogen-bond donors (Lipinski definition) is 1. The van der Waals surface area contributed by atoms with Crippen LogP contribution in [0.25, 0.3) is 0 Å². The average molecular weight is 272 g/mol. The van der Waals surface area contributed by atoms with Crippen molar-refractivity contribution in [3.8, 4) is 0 Å². The van der Waals surface area contributed by atoms with Gasteiger partial charge in [0.1, 0.15) is 0 Å². The zero-order chi connectivity index (χ0) is 14.0. The SMILES string of the molecule is CN1CC(C2CCCCC2)NCC1(C)c1ccccc1. The fourth-order valence-corrected chi connectivity index (χ4v) is 4.00. The normalized spacial score (nSPS) is 33.2. The fraction of sp³-hybridized carbons (Fsp3) is 0.667. The Morgan fingerprint density at radius 2 is 1.80 bits per heavy atom. The quantitative estimate of drug-likeness (QED) is 0.888. The number of benzene rings is 1. The van der Waals surface area contributed by atoms with Gasteiger partial charge in [-0.15, -0.1) is 0 Å². The van der Waals surface area contributed by atoms with Gasteiger partial charge in [0.05, 0.1) is 5.54 Å². The van der Waals surface area contributed by atoms with Crippen LogP contribution in [-0.2, 0) is 5.54 Å². The van der Waals surface area contributed by atoms with E-state index in [1.807, 2.05) is 0 Å². The molecule has 1 aliphatic carbocycles. The summed E-state index contributed by atoms with van der Waals surface area (Å²) in [5.74, 6) is 0.895. The molecule has 110 valence electrons. The first-order chi connectivity index (χ1) is 9.70. The van der Waals surface area contributed by atoms with Crippen molar-refractivity contribution < 1.29 is 0 Å². The highest BCUT2D eigenvalue weighted by atomic mass is 15.2. The molecule has 1 saturated heterocycles. The maximum Gasteiger partial charge on any atom is 0.0555 e. The van der Waals surface area contributed by atoms with Gasteiger partial charge in [-0.05, 0) is 38.3 Å². The maximum atomic E-state index is 3.87. The summed E-state index contributed by atoms with van der Waals surface area (Å²) in [6.45, 7) is 4.61. The summed E-state index contributed by atoms with van der Waals surface area (Å²) in [6.07, 6.45) is 7.16. The number of hydrogen-bond acceptors (Lipinski definition) is 2. The lowest BCUT2D eigenvalue weighted by Gasteiger charge is -2.49. The second-order valence-corrected chi connectivity index (χ2v) is 6.91. The van der Waals surface area contributed by atoms with Crippen molar-refractivity contribution in [2.24, 2.45) is 5.92 Å². The van der Waals surface area contributed by atoms with Crippen LogP contribution in [0, 0.1) is 5.92 Å². The summed E-state index contributed by atoms with van der Waals surface area (Å²) in [5.41, 5.74) is 1.56. The van der Waals surface area contributed by atoms with Crippen LogP contribution in [0.5, 0.6) is 0 Å². The van der Waals surface area contributed by atoms with Crippen molar-refractivity contribution in [2.75, 3.05) is 20.1 Å². The van der Waals surface area contributed by atoms with Gasteiger partial charge in [0, 0.05) is 19.1 Å². The monoisotopic (exact) mass is 272 g/mol. The van der Waals surface area contributed by atoms with Gasteiger partial charge in [-0.2, -0.15) is 0 Å². The van der Waals surface area contributed by atoms with Crippen LogP contribution in [0.15, 0.2) is 30.3 Å². The van der Waals surface area contributed by atoms with E-state index in [0.717, 1.165) is 12.5 Å². The highest BCUT2D eigenvalue weighted by molar-refractivity contribution is 5.25. The van der Waals surface area contributed by atoms with Gasteiger partial charge in [0.15, 0.2) is 0 Å². The summed E-state index contributed by atoms with van der Waals surface area (Å²) in [5, 5.41) is 3.87. The largest absolute Gasteiger partial charge is 0.310 e. The molecule has 1 aliphatic heterocycles. The van der Waals surface area contributed by atoms with Crippen LogP contribution in [0.4, 0.5) is 0 Å². The Bertz CT molecular complexity index is 424. The van der Waals surface area contributed by atoms with E-state index in [0.29, 0.717) is 6.04 Å². The zero-order valence-corrected chi connectivity index (χ0v) is 12.9. The number of nitrogens with zero attached hydrogens (tertiary/aromatic N) is 1. The summed E-state index contributed by atoms with van der Waals surface area (Å²) >= 11 is 0. The standard InChI is InChI=1S/C18H28N2/c1-18(16-11-7-4-8-12-16)14-19-17(13-20(18)2)15-9-5-3-6-10-15/h4,7-8,11-12,15,17,19H,3,5-6,9-10,13-14H2,1-2H3. The van der Waals surface area contributed by atoms with E-state index in [1.165, 1.54) is 44.2 Å². The van der Waals surface area contributed by atoms with Crippen LogP contribution in [-0.4, -0.2) is 31.1 Å². The van der Waals surface area contributed by atoms with Crippen molar-refractivity contribution in [1.82, 2.24) is 10.2 Å². The molecular formula is C18H28N2. The van der Waals surface area contributed by atoms with Crippen molar-refractivity contribution in [2.45, 2.75) is 50.6 Å². The molecule has 2 heteroatoms. The molecule has 2 fully saturated rings. The lowest BCUT2D eigenvalue weighted by molar-refractivity contribution is 0.0529. The molecule has 1 heterocycles. The van der Waals surface area contributed by atoms with Crippen LogP contribution >= 0.6 is 0 Å². The van der Waals surface area contributed by atoms with E-state index < -0.39 is 0 Å². The Balaban J connectivity index is 1.70. The minimum Gasteiger partial charge on any atom is -0.310 e. The molecule has 2 nitrogen and oxygen atoms in total. The fourth-order valence-electron chi connectivity index (χ4n) is 4.00. The third kappa shape index (κ3) is 2.64. The van der Waals surface area contributed by atoms with Crippen LogP contribution < -0.4 is 5.32 Å². The molecule has 1 N–H and O–H groups in total. The predicted molar refractivity (Wildman–Crippen MR) is 84.8 cm³/mol. The number of nitrogens with one attached hydrogen (secondary N) is 1. The van der Waals surface area contributed by atoms with E-state index in [9.17, 15) is 0 Å². The molecule has 1 saturated carbocycles. The Kier molecular flexibility index (Phi) is 4.13. The van der Waals surface area contributed by atoms with Crippen molar-refractivity contribution in [3.63, 3.8) is 0 Å². The van der Waals surface area contributed by atoms with E-state index in [4.69, 9.17) is 0 Å². The Morgan fingerprint density at radius 3 is 2.45 bits per heavy atom. The van der Waals surface area contributed by atoms with Gasteiger partial charge in [-0.3, -0.25) is 4.90 Å². The number of likely N-dealkylation sites (N-methyl/N-ethyl adjacent to an activating group) is 1. The highest BCUT2D eigenvalue weighted by Gasteiger charge is 2.39. The van der Waals surface area contributed by atoms with E-state index in [-0.39, 0.29) is 5.54 Å². The van der Waals surface area contributed by atoms with E-state index in [2.05, 4.69) is 54.5 Å². The van der Waals surface area contributed by atoms with Crippen molar-refractivity contribution in [1.29, 1.82) is 0 Å². The first kappa shape index (κ1) is 14.1. The molecule has 0 spiro atoms. The summed E-state index contributed by atoms with van der Waals surface area (Å²) in [6, 6.07) is 11.6. The third-order valence-electron chi connectivity index (χ3n) is 5.64. The minimum atomic E-state index is 0.131. The van der Waals surface area contributed by atoms with Crippen LogP contribution in [0.2, 0.25) is 0 Å². The lowest BCUT2D eigenvalue weighted by Crippen LogP contribution is -2.61. The van der Waals surface area contributed by atoms with Gasteiger partial charge in [0.25, 0.3) is 0 Å². The Labute approximate surface area is 123 Å². The molecule has 1 aromatic carbocycles. The minimum absolute atomic E-state index is 0.131. The average Bonchev–Trinajstić information content (AvgIpc) is 2.52. The molecule has 0 bridgehead atoms.